The van der Waals surface area contributed by atoms with E-state index in [-0.39, 0.29) is 29.4 Å². The molecule has 2 heterocycles. The first-order chi connectivity index (χ1) is 19.0. The monoisotopic (exact) mass is 568 g/mol. The molecule has 0 bridgehead atoms. The maximum absolute atomic E-state index is 15.2. The van der Waals surface area contributed by atoms with E-state index in [0.717, 1.165) is 12.1 Å². The number of nitrogens with one attached hydrogen (secondary N) is 2. The van der Waals surface area contributed by atoms with Crippen LogP contribution < -0.4 is 15.5 Å². The largest absolute Gasteiger partial charge is 0.416 e. The van der Waals surface area contributed by atoms with Gasteiger partial charge in [-0.15, -0.1) is 0 Å². The Morgan fingerprint density at radius 2 is 1.82 bits per heavy atom. The molecule has 216 valence electrons. The molecule has 0 amide bonds. The molecular formula is C25H28F4N6O5. The number of hydrogen-bond donors (Lipinski definition) is 2. The van der Waals surface area contributed by atoms with Crippen molar-refractivity contribution in [2.24, 2.45) is 0 Å². The van der Waals surface area contributed by atoms with E-state index in [1.807, 2.05) is 4.90 Å². The summed E-state index contributed by atoms with van der Waals surface area (Å²) in [6.45, 7) is 3.46. The van der Waals surface area contributed by atoms with Crippen molar-refractivity contribution in [1.29, 1.82) is 0 Å². The first-order valence-electron chi connectivity index (χ1n) is 12.3. The molecule has 2 N–H and O–H groups in total. The van der Waals surface area contributed by atoms with Gasteiger partial charge < -0.3 is 29.7 Å². The number of fused-ring (bicyclic) bond motifs is 1. The maximum atomic E-state index is 15.2. The van der Waals surface area contributed by atoms with Crippen LogP contribution in [0, 0.1) is 15.9 Å². The molecule has 4 rings (SSSR count). The quantitative estimate of drug-likeness (QED) is 0.153. The molecule has 0 spiro atoms. The lowest BCUT2D eigenvalue weighted by molar-refractivity contribution is -0.385. The number of nitro groups is 1. The number of methoxy groups -OCH3 is 2. The van der Waals surface area contributed by atoms with Gasteiger partial charge in [0.25, 0.3) is 5.69 Å². The number of hydrogen-bond acceptors (Lipinski definition) is 10. The number of nitro benzene ring substituents is 1. The summed E-state index contributed by atoms with van der Waals surface area (Å²) >= 11 is 0. The van der Waals surface area contributed by atoms with Crippen molar-refractivity contribution >= 4 is 34.0 Å². The first kappa shape index (κ1) is 29.2. The molecule has 1 atom stereocenters. The van der Waals surface area contributed by atoms with Crippen LogP contribution in [0.25, 0.3) is 10.9 Å². The molecule has 3 aromatic rings. The molecule has 15 heteroatoms. The van der Waals surface area contributed by atoms with Crippen LogP contribution in [-0.2, 0) is 20.4 Å². The summed E-state index contributed by atoms with van der Waals surface area (Å²) in [6.07, 6.45) is -5.43. The molecule has 0 radical (unpaired) electrons. The predicted molar refractivity (Wildman–Crippen MR) is 139 cm³/mol. The molecule has 0 aliphatic carbocycles. The van der Waals surface area contributed by atoms with Crippen LogP contribution in [0.2, 0.25) is 0 Å². The number of nitrogens with zero attached hydrogens (tertiary/aromatic N) is 4. The van der Waals surface area contributed by atoms with Gasteiger partial charge in [-0.25, -0.2) is 9.37 Å². The first-order valence-corrected chi connectivity index (χ1v) is 12.3. The highest BCUT2D eigenvalue weighted by molar-refractivity contribution is 5.93. The Morgan fingerprint density at radius 3 is 2.45 bits per heavy atom. The Balaban J connectivity index is 1.77. The van der Waals surface area contributed by atoms with Crippen molar-refractivity contribution in [2.75, 3.05) is 62.6 Å². The van der Waals surface area contributed by atoms with Gasteiger partial charge in [0.1, 0.15) is 11.6 Å². The highest BCUT2D eigenvalue weighted by Crippen LogP contribution is 2.36. The van der Waals surface area contributed by atoms with Gasteiger partial charge in [0, 0.05) is 50.9 Å². The Morgan fingerprint density at radius 1 is 1.12 bits per heavy atom. The second kappa shape index (κ2) is 12.1. The summed E-state index contributed by atoms with van der Waals surface area (Å²) in [5.74, 6) is -0.256. The van der Waals surface area contributed by atoms with Crippen molar-refractivity contribution < 1.29 is 36.7 Å². The van der Waals surface area contributed by atoms with Gasteiger partial charge in [-0.05, 0) is 24.6 Å². The van der Waals surface area contributed by atoms with Crippen LogP contribution in [0.5, 0.6) is 0 Å². The molecule has 40 heavy (non-hydrogen) atoms. The van der Waals surface area contributed by atoms with Gasteiger partial charge in [-0.3, -0.25) is 10.1 Å². The number of rotatable bonds is 10. The molecule has 1 aromatic heterocycles. The number of halogens is 4. The van der Waals surface area contributed by atoms with Crippen LogP contribution in [-0.4, -0.2) is 68.2 Å². The zero-order valence-electron chi connectivity index (χ0n) is 21.9. The molecular weight excluding hydrogens is 540 g/mol. The number of benzene rings is 2. The van der Waals surface area contributed by atoms with Crippen LogP contribution in [0.15, 0.2) is 30.3 Å². The smallest absolute Gasteiger partial charge is 0.378 e. The van der Waals surface area contributed by atoms with E-state index < -0.39 is 40.5 Å². The Hall–Kier alpha value is -3.82. The van der Waals surface area contributed by atoms with Crippen LogP contribution in [0.4, 0.5) is 40.7 Å². The Bertz CT molecular complexity index is 1370. The molecule has 0 saturated carbocycles. The van der Waals surface area contributed by atoms with Crippen LogP contribution >= 0.6 is 0 Å². The lowest BCUT2D eigenvalue weighted by Crippen LogP contribution is -2.36. The van der Waals surface area contributed by atoms with E-state index in [1.54, 1.807) is 13.0 Å². The van der Waals surface area contributed by atoms with Gasteiger partial charge in [0.2, 0.25) is 5.95 Å². The molecule has 1 aliphatic rings. The minimum atomic E-state index is -4.79. The third kappa shape index (κ3) is 6.66. The number of anilines is 3. The number of ether oxygens (including phenoxy) is 3. The van der Waals surface area contributed by atoms with E-state index >= 15 is 4.39 Å². The molecule has 11 nitrogen and oxygen atoms in total. The lowest BCUT2D eigenvalue weighted by atomic mass is 10.0. The zero-order chi connectivity index (χ0) is 29.0. The van der Waals surface area contributed by atoms with Gasteiger partial charge in [0.15, 0.2) is 6.29 Å². The number of aromatic nitrogens is 2. The highest BCUT2D eigenvalue weighted by atomic mass is 19.4. The minimum Gasteiger partial charge on any atom is -0.378 e. The summed E-state index contributed by atoms with van der Waals surface area (Å²) in [5.41, 5.74) is -1.32. The average molecular weight is 569 g/mol. The summed E-state index contributed by atoms with van der Waals surface area (Å²) in [6, 6.07) is 4.34. The van der Waals surface area contributed by atoms with Gasteiger partial charge in [0.05, 0.1) is 47.5 Å². The molecule has 1 saturated heterocycles. The van der Waals surface area contributed by atoms with Crippen molar-refractivity contribution in [3.05, 3.63) is 57.4 Å². The average Bonchev–Trinajstić information content (AvgIpc) is 2.93. The normalized spacial score (nSPS) is 14.9. The van der Waals surface area contributed by atoms with Crippen LogP contribution in [0.3, 0.4) is 0 Å². The van der Waals surface area contributed by atoms with Crippen molar-refractivity contribution in [1.82, 2.24) is 9.97 Å². The summed E-state index contributed by atoms with van der Waals surface area (Å²) < 4.78 is 71.3. The van der Waals surface area contributed by atoms with E-state index in [1.165, 1.54) is 20.3 Å². The van der Waals surface area contributed by atoms with E-state index in [0.29, 0.717) is 43.4 Å². The maximum Gasteiger partial charge on any atom is 0.416 e. The zero-order valence-corrected chi connectivity index (χ0v) is 21.9. The molecule has 1 fully saturated rings. The fourth-order valence-corrected chi connectivity index (χ4v) is 4.25. The Kier molecular flexibility index (Phi) is 8.85. The number of alkyl halides is 3. The minimum absolute atomic E-state index is 0.0112. The summed E-state index contributed by atoms with van der Waals surface area (Å²) in [7, 11) is 2.89. The van der Waals surface area contributed by atoms with Crippen molar-refractivity contribution in [3.63, 3.8) is 0 Å². The van der Waals surface area contributed by atoms with Crippen molar-refractivity contribution in [3.8, 4) is 0 Å². The predicted octanol–water partition coefficient (Wildman–Crippen LogP) is 4.74. The lowest BCUT2D eigenvalue weighted by Gasteiger charge is -2.29. The fraction of sp³-hybridized carbons (Fsp3) is 0.440. The topological polar surface area (TPSA) is 124 Å². The van der Waals surface area contributed by atoms with E-state index in [9.17, 15) is 23.3 Å². The van der Waals surface area contributed by atoms with E-state index in [2.05, 4.69) is 20.6 Å². The molecule has 1 aliphatic heterocycles. The van der Waals surface area contributed by atoms with E-state index in [4.69, 9.17) is 14.2 Å². The fourth-order valence-electron chi connectivity index (χ4n) is 4.25. The summed E-state index contributed by atoms with van der Waals surface area (Å²) in [5, 5.41) is 17.7. The third-order valence-electron chi connectivity index (χ3n) is 6.40. The second-order valence-electron chi connectivity index (χ2n) is 9.03. The van der Waals surface area contributed by atoms with Crippen LogP contribution in [0.1, 0.15) is 24.1 Å². The Labute approximate surface area is 226 Å². The third-order valence-corrected chi connectivity index (χ3v) is 6.40. The molecule has 0 unspecified atom stereocenters. The highest BCUT2D eigenvalue weighted by Gasteiger charge is 2.33. The second-order valence-corrected chi connectivity index (χ2v) is 9.03. The SMILES string of the molecule is COC(CNc1nc(N[C@H](C)c2cc([N+](=O)[O-])cc(C(F)(F)F)c2)c2cc(N3CCOCC3)c(F)cc2n1)OC. The van der Waals surface area contributed by atoms with Gasteiger partial charge in [-0.2, -0.15) is 18.2 Å². The van der Waals surface area contributed by atoms with Gasteiger partial charge >= 0.3 is 6.18 Å². The number of non-ortho nitro benzene ring substituents is 1. The standard InChI is InChI=1S/C25H28F4N6O5/c1-14(15-8-16(25(27,28)29)10-17(9-15)35(36)37)31-23-18-11-21(34-4-6-40-7-5-34)19(26)12-20(18)32-24(33-23)30-13-22(38-2)39-3/h8-12,14,22H,4-7,13H2,1-3H3,(H2,30,31,32,33)/t14-/m1/s1. The summed E-state index contributed by atoms with van der Waals surface area (Å²) in [4.78, 5) is 21.2. The molecule has 2 aromatic carbocycles. The van der Waals surface area contributed by atoms with Gasteiger partial charge in [-0.1, -0.05) is 0 Å². The van der Waals surface area contributed by atoms with Crippen molar-refractivity contribution in [2.45, 2.75) is 25.4 Å². The number of morpholine rings is 1.